The van der Waals surface area contributed by atoms with E-state index < -0.39 is 24.4 Å². The van der Waals surface area contributed by atoms with Crippen LogP contribution in [-0.4, -0.2) is 38.1 Å². The number of halogens is 4. The monoisotopic (exact) mass is 201 g/mol. The third-order valence-corrected chi connectivity index (χ3v) is 2.20. The minimum Gasteiger partial charge on any atom is -0.375 e. The van der Waals surface area contributed by atoms with E-state index in [9.17, 15) is 17.6 Å². The summed E-state index contributed by atoms with van der Waals surface area (Å²) in [5.41, 5.74) is -1.11. The largest absolute Gasteiger partial charge is 0.375 e. The molecule has 0 amide bonds. The summed E-state index contributed by atoms with van der Waals surface area (Å²) in [5.74, 6) is -3.96. The van der Waals surface area contributed by atoms with Crippen molar-refractivity contribution in [2.45, 2.75) is 24.4 Å². The summed E-state index contributed by atoms with van der Waals surface area (Å²) in [4.78, 5) is 0. The number of rotatable bonds is 4. The second-order valence-electron chi connectivity index (χ2n) is 3.23. The van der Waals surface area contributed by atoms with E-state index in [1.807, 2.05) is 0 Å². The van der Waals surface area contributed by atoms with Gasteiger partial charge in [0.1, 0.15) is 0 Å². The zero-order valence-corrected chi connectivity index (χ0v) is 7.12. The van der Waals surface area contributed by atoms with Gasteiger partial charge in [-0.2, -0.15) is 0 Å². The summed E-state index contributed by atoms with van der Waals surface area (Å²) in [5, 5.41) is 2.71. The maximum Gasteiger partial charge on any atom is 0.310 e. The van der Waals surface area contributed by atoms with Crippen molar-refractivity contribution in [1.29, 1.82) is 0 Å². The van der Waals surface area contributed by atoms with Crippen LogP contribution in [0.15, 0.2) is 0 Å². The predicted octanol–water partition coefficient (Wildman–Crippen LogP) is 1.27. The Bertz CT molecular complexity index is 176. The van der Waals surface area contributed by atoms with E-state index in [1.165, 1.54) is 7.11 Å². The molecule has 0 unspecified atom stereocenters. The van der Waals surface area contributed by atoms with Gasteiger partial charge in [-0.05, 0) is 0 Å². The van der Waals surface area contributed by atoms with Crippen LogP contribution in [0, 0.1) is 0 Å². The second kappa shape index (κ2) is 3.42. The first-order valence-corrected chi connectivity index (χ1v) is 3.84. The Hall–Kier alpha value is -0.360. The molecular weight excluding hydrogens is 190 g/mol. The van der Waals surface area contributed by atoms with Crippen LogP contribution in [0.5, 0.6) is 0 Å². The van der Waals surface area contributed by atoms with Gasteiger partial charge in [0.25, 0.3) is 0 Å². The molecule has 1 saturated heterocycles. The molecule has 1 rings (SSSR count). The van der Waals surface area contributed by atoms with Gasteiger partial charge in [-0.1, -0.05) is 0 Å². The van der Waals surface area contributed by atoms with Crippen LogP contribution in [0.2, 0.25) is 0 Å². The van der Waals surface area contributed by atoms with Crippen molar-refractivity contribution < 1.29 is 22.3 Å². The molecule has 6 heteroatoms. The summed E-state index contributed by atoms with van der Waals surface area (Å²) >= 11 is 0. The number of hydrogen-bond acceptors (Lipinski definition) is 2. The predicted molar refractivity (Wildman–Crippen MR) is 38.2 cm³/mol. The van der Waals surface area contributed by atoms with Crippen molar-refractivity contribution in [3.8, 4) is 0 Å². The minimum absolute atomic E-state index is 0.200. The van der Waals surface area contributed by atoms with Gasteiger partial charge in [0, 0.05) is 26.6 Å². The fraction of sp³-hybridized carbons (Fsp3) is 1.00. The summed E-state index contributed by atoms with van der Waals surface area (Å²) in [6.45, 7) is 0.400. The second-order valence-corrected chi connectivity index (χ2v) is 3.23. The van der Waals surface area contributed by atoms with E-state index in [1.54, 1.807) is 0 Å². The zero-order valence-electron chi connectivity index (χ0n) is 7.12. The number of hydrogen-bond donors (Lipinski definition) is 1. The van der Waals surface area contributed by atoms with Crippen LogP contribution in [0.1, 0.15) is 6.42 Å². The lowest BCUT2D eigenvalue weighted by Crippen LogP contribution is -2.63. The molecule has 1 aliphatic heterocycles. The Labute approximate surface area is 73.2 Å². The van der Waals surface area contributed by atoms with E-state index in [2.05, 4.69) is 5.32 Å². The molecule has 0 atom stereocenters. The molecule has 0 radical (unpaired) electrons. The molecule has 0 aromatic heterocycles. The molecule has 1 heterocycles. The molecule has 0 spiro atoms. The van der Waals surface area contributed by atoms with Crippen molar-refractivity contribution in [1.82, 2.24) is 5.32 Å². The Morgan fingerprint density at radius 3 is 2.23 bits per heavy atom. The van der Waals surface area contributed by atoms with Gasteiger partial charge < -0.3 is 10.1 Å². The fourth-order valence-corrected chi connectivity index (χ4v) is 1.25. The zero-order chi connectivity index (χ0) is 10.1. The van der Waals surface area contributed by atoms with Crippen LogP contribution in [0.3, 0.4) is 0 Å². The van der Waals surface area contributed by atoms with Gasteiger partial charge in [-0.15, -0.1) is 0 Å². The smallest absolute Gasteiger partial charge is 0.310 e. The fourth-order valence-electron chi connectivity index (χ4n) is 1.25. The Balaban J connectivity index is 2.55. The van der Waals surface area contributed by atoms with Crippen LogP contribution >= 0.6 is 0 Å². The van der Waals surface area contributed by atoms with Crippen molar-refractivity contribution in [3.05, 3.63) is 0 Å². The van der Waals surface area contributed by atoms with Crippen molar-refractivity contribution >= 4 is 0 Å². The molecule has 0 saturated carbocycles. The first kappa shape index (κ1) is 10.7. The average Bonchev–Trinajstić information content (AvgIpc) is 1.96. The van der Waals surface area contributed by atoms with Crippen molar-refractivity contribution in [2.75, 3.05) is 20.2 Å². The van der Waals surface area contributed by atoms with Gasteiger partial charge in [-0.25, -0.2) is 17.6 Å². The maximum absolute atomic E-state index is 12.6. The molecule has 0 bridgehead atoms. The SMILES string of the molecule is COC1(CC(F)(F)C(F)F)CNC1. The molecule has 78 valence electrons. The lowest BCUT2D eigenvalue weighted by atomic mass is 9.89. The summed E-state index contributed by atoms with van der Waals surface area (Å²) in [7, 11) is 1.25. The highest BCUT2D eigenvalue weighted by atomic mass is 19.3. The van der Waals surface area contributed by atoms with E-state index in [0.29, 0.717) is 0 Å². The van der Waals surface area contributed by atoms with Crippen LogP contribution < -0.4 is 5.32 Å². The average molecular weight is 201 g/mol. The number of ether oxygens (including phenoxy) is 1. The van der Waals surface area contributed by atoms with Gasteiger partial charge >= 0.3 is 12.3 Å². The normalized spacial score (nSPS) is 21.7. The molecule has 0 aromatic rings. The number of alkyl halides is 4. The molecule has 1 fully saturated rings. The Kier molecular flexibility index (Phi) is 2.82. The molecule has 1 N–H and O–H groups in total. The molecule has 13 heavy (non-hydrogen) atoms. The highest BCUT2D eigenvalue weighted by Crippen LogP contribution is 2.35. The third-order valence-electron chi connectivity index (χ3n) is 2.20. The third kappa shape index (κ3) is 2.11. The summed E-state index contributed by atoms with van der Waals surface area (Å²) in [6, 6.07) is 0. The molecule has 0 aromatic carbocycles. The Morgan fingerprint density at radius 1 is 1.46 bits per heavy atom. The van der Waals surface area contributed by atoms with Crippen LogP contribution in [0.4, 0.5) is 17.6 Å². The van der Waals surface area contributed by atoms with Gasteiger partial charge in [0.15, 0.2) is 0 Å². The van der Waals surface area contributed by atoms with E-state index in [4.69, 9.17) is 4.74 Å². The maximum atomic E-state index is 12.6. The van der Waals surface area contributed by atoms with E-state index in [0.717, 1.165) is 0 Å². The topological polar surface area (TPSA) is 21.3 Å². The quantitative estimate of drug-likeness (QED) is 0.691. The molecule has 0 aliphatic carbocycles. The van der Waals surface area contributed by atoms with Crippen molar-refractivity contribution in [2.24, 2.45) is 0 Å². The van der Waals surface area contributed by atoms with E-state index >= 15 is 0 Å². The molecule has 2 nitrogen and oxygen atoms in total. The van der Waals surface area contributed by atoms with Gasteiger partial charge in [0.05, 0.1) is 5.60 Å². The molecule has 1 aliphatic rings. The molecular formula is C7H11F4NO. The summed E-state index contributed by atoms with van der Waals surface area (Å²) < 4.78 is 53.6. The van der Waals surface area contributed by atoms with Gasteiger partial charge in [0.2, 0.25) is 0 Å². The highest BCUT2D eigenvalue weighted by molar-refractivity contribution is 4.98. The lowest BCUT2D eigenvalue weighted by Gasteiger charge is -2.42. The summed E-state index contributed by atoms with van der Waals surface area (Å²) in [6.07, 6.45) is -4.55. The number of nitrogens with one attached hydrogen (secondary N) is 1. The lowest BCUT2D eigenvalue weighted by molar-refractivity contribution is -0.184. The van der Waals surface area contributed by atoms with Crippen LogP contribution in [-0.2, 0) is 4.74 Å². The van der Waals surface area contributed by atoms with E-state index in [-0.39, 0.29) is 13.1 Å². The minimum atomic E-state index is -3.96. The van der Waals surface area contributed by atoms with Crippen molar-refractivity contribution in [3.63, 3.8) is 0 Å². The number of methoxy groups -OCH3 is 1. The van der Waals surface area contributed by atoms with Crippen LogP contribution in [0.25, 0.3) is 0 Å². The standard InChI is InChI=1S/C7H11F4NO/c1-13-6(3-12-4-6)2-7(10,11)5(8)9/h5,12H,2-4H2,1H3. The first-order valence-electron chi connectivity index (χ1n) is 3.84. The first-order chi connectivity index (χ1) is 5.92. The van der Waals surface area contributed by atoms with Gasteiger partial charge in [-0.3, -0.25) is 0 Å². The highest BCUT2D eigenvalue weighted by Gasteiger charge is 2.51. The Morgan fingerprint density at radius 2 is 2.00 bits per heavy atom.